The van der Waals surface area contributed by atoms with Gasteiger partial charge >= 0.3 is 0 Å². The Morgan fingerprint density at radius 2 is 1.67 bits per heavy atom. The van der Waals surface area contributed by atoms with Gasteiger partial charge in [0, 0.05) is 5.69 Å². The van der Waals surface area contributed by atoms with E-state index in [0.29, 0.717) is 5.69 Å². The lowest BCUT2D eigenvalue weighted by Gasteiger charge is -2.15. The highest BCUT2D eigenvalue weighted by Crippen LogP contribution is 2.32. The quantitative estimate of drug-likeness (QED) is 0.940. The number of nitrogens with zero attached hydrogens (tertiary/aromatic N) is 1. The predicted molar refractivity (Wildman–Crippen MR) is 85.5 cm³/mol. The van der Waals surface area contributed by atoms with E-state index in [1.165, 1.54) is 4.90 Å². The first-order valence-electron chi connectivity index (χ1n) is 6.58. The van der Waals surface area contributed by atoms with Crippen molar-refractivity contribution < 1.29 is 9.59 Å². The van der Waals surface area contributed by atoms with Gasteiger partial charge in [-0.05, 0) is 43.0 Å². The van der Waals surface area contributed by atoms with Crippen LogP contribution in [-0.4, -0.2) is 16.5 Å². The van der Waals surface area contributed by atoms with Crippen LogP contribution in [0.5, 0.6) is 0 Å². The molecular formula is C16H14N2O2S. The zero-order chi connectivity index (χ0) is 14.8. The zero-order valence-corrected chi connectivity index (χ0v) is 12.3. The summed E-state index contributed by atoms with van der Waals surface area (Å²) < 4.78 is 0. The van der Waals surface area contributed by atoms with Crippen LogP contribution in [0, 0.1) is 6.92 Å². The van der Waals surface area contributed by atoms with E-state index < -0.39 is 5.37 Å². The molecule has 1 fully saturated rings. The monoisotopic (exact) mass is 298 g/mol. The van der Waals surface area contributed by atoms with Crippen molar-refractivity contribution >= 4 is 34.3 Å². The van der Waals surface area contributed by atoms with Crippen LogP contribution in [-0.2, 0) is 4.79 Å². The molecule has 1 aliphatic heterocycles. The first-order valence-corrected chi connectivity index (χ1v) is 7.46. The van der Waals surface area contributed by atoms with E-state index in [1.54, 1.807) is 12.1 Å². The summed E-state index contributed by atoms with van der Waals surface area (Å²) in [6, 6.07) is 16.8. The summed E-state index contributed by atoms with van der Waals surface area (Å²) in [5, 5.41) is 2.25. The molecule has 3 rings (SSSR count). The summed E-state index contributed by atoms with van der Waals surface area (Å²) in [6.07, 6.45) is 0. The minimum Gasteiger partial charge on any atom is -0.365 e. The minimum absolute atomic E-state index is 0.238. The second-order valence-corrected chi connectivity index (χ2v) is 5.84. The first kappa shape index (κ1) is 13.7. The number of aryl methyl sites for hydroxylation is 1. The number of rotatable bonds is 3. The Morgan fingerprint density at radius 1 is 1.00 bits per heavy atom. The van der Waals surface area contributed by atoms with Crippen molar-refractivity contribution in [2.75, 3.05) is 10.2 Å². The van der Waals surface area contributed by atoms with Gasteiger partial charge in [0.1, 0.15) is 0 Å². The Bertz CT molecular complexity index is 670. The van der Waals surface area contributed by atoms with E-state index in [9.17, 15) is 9.59 Å². The second kappa shape index (κ2) is 5.61. The summed E-state index contributed by atoms with van der Waals surface area (Å²) in [7, 11) is 0. The van der Waals surface area contributed by atoms with E-state index in [-0.39, 0.29) is 11.1 Å². The molecule has 2 amide bonds. The van der Waals surface area contributed by atoms with Gasteiger partial charge in [0.15, 0.2) is 5.37 Å². The van der Waals surface area contributed by atoms with Crippen LogP contribution in [0.4, 0.5) is 16.2 Å². The number of carbonyl (C=O) groups excluding carboxylic acids is 2. The standard InChI is InChI=1S/C16H14N2O2S/c1-11-7-9-13(10-8-11)18-15(19)14(21-16(18)20)17-12-5-3-2-4-6-12/h2-10,14,17H,1H3/t14-/m1/s1. The van der Waals surface area contributed by atoms with Crippen LogP contribution in [0.3, 0.4) is 0 Å². The fraction of sp³-hybridized carbons (Fsp3) is 0.125. The first-order chi connectivity index (χ1) is 10.1. The third-order valence-corrected chi connectivity index (χ3v) is 4.15. The molecule has 1 saturated heterocycles. The highest BCUT2D eigenvalue weighted by atomic mass is 32.2. The second-order valence-electron chi connectivity index (χ2n) is 4.78. The molecule has 0 aromatic heterocycles. The molecule has 0 radical (unpaired) electrons. The molecule has 106 valence electrons. The molecule has 1 N–H and O–H groups in total. The Morgan fingerprint density at radius 3 is 2.33 bits per heavy atom. The molecule has 2 aromatic rings. The SMILES string of the molecule is Cc1ccc(N2C(=O)S[C@@H](Nc3ccccc3)C2=O)cc1. The Kier molecular flexibility index (Phi) is 3.66. The number of hydrogen-bond acceptors (Lipinski definition) is 4. The number of para-hydroxylation sites is 1. The number of carbonyl (C=O) groups is 2. The lowest BCUT2D eigenvalue weighted by Crippen LogP contribution is -2.34. The molecule has 1 heterocycles. The summed E-state index contributed by atoms with van der Waals surface area (Å²) in [6.45, 7) is 1.96. The van der Waals surface area contributed by atoms with Crippen LogP contribution < -0.4 is 10.2 Å². The van der Waals surface area contributed by atoms with E-state index in [1.807, 2.05) is 49.4 Å². The van der Waals surface area contributed by atoms with E-state index in [4.69, 9.17) is 0 Å². The lowest BCUT2D eigenvalue weighted by atomic mass is 10.2. The van der Waals surface area contributed by atoms with Gasteiger partial charge in [-0.25, -0.2) is 4.90 Å². The largest absolute Gasteiger partial charge is 0.365 e. The number of amides is 2. The summed E-state index contributed by atoms with van der Waals surface area (Å²) in [4.78, 5) is 25.8. The van der Waals surface area contributed by atoms with Crippen molar-refractivity contribution in [1.82, 2.24) is 0 Å². The van der Waals surface area contributed by atoms with E-state index in [0.717, 1.165) is 23.0 Å². The third-order valence-electron chi connectivity index (χ3n) is 3.21. The van der Waals surface area contributed by atoms with Crippen LogP contribution in [0.1, 0.15) is 5.56 Å². The van der Waals surface area contributed by atoms with Crippen LogP contribution in [0.15, 0.2) is 54.6 Å². The number of imide groups is 1. The van der Waals surface area contributed by atoms with Gasteiger partial charge in [0.2, 0.25) is 0 Å². The van der Waals surface area contributed by atoms with Crippen LogP contribution in [0.2, 0.25) is 0 Å². The maximum absolute atomic E-state index is 12.4. The molecular weight excluding hydrogens is 284 g/mol. The van der Waals surface area contributed by atoms with Gasteiger partial charge < -0.3 is 5.32 Å². The Hall–Kier alpha value is -2.27. The normalized spacial score (nSPS) is 18.1. The minimum atomic E-state index is -0.582. The summed E-state index contributed by atoms with van der Waals surface area (Å²) in [5.74, 6) is -0.238. The average Bonchev–Trinajstić information content (AvgIpc) is 2.76. The van der Waals surface area contributed by atoms with Gasteiger partial charge in [-0.2, -0.15) is 0 Å². The number of thioether (sulfide) groups is 1. The molecule has 0 aliphatic carbocycles. The van der Waals surface area contributed by atoms with Gasteiger partial charge in [0.25, 0.3) is 11.1 Å². The Balaban J connectivity index is 1.80. The van der Waals surface area contributed by atoms with Gasteiger partial charge in [-0.3, -0.25) is 9.59 Å². The molecule has 1 atom stereocenters. The van der Waals surface area contributed by atoms with Gasteiger partial charge in [-0.15, -0.1) is 0 Å². The maximum atomic E-state index is 12.4. The fourth-order valence-corrected chi connectivity index (χ4v) is 3.02. The number of hydrogen-bond donors (Lipinski definition) is 1. The molecule has 0 unspecified atom stereocenters. The zero-order valence-electron chi connectivity index (χ0n) is 11.4. The van der Waals surface area contributed by atoms with Crippen molar-refractivity contribution in [1.29, 1.82) is 0 Å². The summed E-state index contributed by atoms with van der Waals surface area (Å²) in [5.41, 5.74) is 2.52. The number of benzene rings is 2. The molecule has 1 aliphatic rings. The predicted octanol–water partition coefficient (Wildman–Crippen LogP) is 3.63. The van der Waals surface area contributed by atoms with Crippen molar-refractivity contribution in [3.05, 3.63) is 60.2 Å². The Labute approximate surface area is 127 Å². The van der Waals surface area contributed by atoms with Crippen LogP contribution in [0.25, 0.3) is 0 Å². The van der Waals surface area contributed by atoms with Gasteiger partial charge in [0.05, 0.1) is 5.69 Å². The van der Waals surface area contributed by atoms with E-state index >= 15 is 0 Å². The molecule has 0 bridgehead atoms. The van der Waals surface area contributed by atoms with Gasteiger partial charge in [-0.1, -0.05) is 35.9 Å². The smallest absolute Gasteiger partial charge is 0.295 e. The molecule has 2 aromatic carbocycles. The van der Waals surface area contributed by atoms with Crippen molar-refractivity contribution in [3.8, 4) is 0 Å². The van der Waals surface area contributed by atoms with Crippen molar-refractivity contribution in [2.45, 2.75) is 12.3 Å². The maximum Gasteiger partial charge on any atom is 0.295 e. The number of nitrogens with one attached hydrogen (secondary N) is 1. The topological polar surface area (TPSA) is 49.4 Å². The van der Waals surface area contributed by atoms with Crippen molar-refractivity contribution in [2.24, 2.45) is 0 Å². The van der Waals surface area contributed by atoms with E-state index in [2.05, 4.69) is 5.32 Å². The molecule has 0 saturated carbocycles. The molecule has 5 heteroatoms. The van der Waals surface area contributed by atoms with Crippen molar-refractivity contribution in [3.63, 3.8) is 0 Å². The average molecular weight is 298 g/mol. The van der Waals surface area contributed by atoms with Crippen LogP contribution >= 0.6 is 11.8 Å². The molecule has 21 heavy (non-hydrogen) atoms. The highest BCUT2D eigenvalue weighted by molar-refractivity contribution is 8.16. The highest BCUT2D eigenvalue weighted by Gasteiger charge is 2.40. The summed E-state index contributed by atoms with van der Waals surface area (Å²) >= 11 is 1.00. The molecule has 4 nitrogen and oxygen atoms in total. The fourth-order valence-electron chi connectivity index (χ4n) is 2.11. The molecule has 0 spiro atoms. The number of anilines is 2. The lowest BCUT2D eigenvalue weighted by molar-refractivity contribution is -0.116. The third kappa shape index (κ3) is 2.78.